The van der Waals surface area contributed by atoms with Crippen LogP contribution < -0.4 is 14.7 Å². The number of hydrogen-bond acceptors (Lipinski definition) is 9. The molecular weight excluding hydrogens is 527 g/mol. The van der Waals surface area contributed by atoms with E-state index in [-0.39, 0.29) is 18.7 Å². The molecule has 2 aliphatic heterocycles. The van der Waals surface area contributed by atoms with Gasteiger partial charge in [-0.05, 0) is 32.0 Å². The molecule has 9 nitrogen and oxygen atoms in total. The van der Waals surface area contributed by atoms with Crippen LogP contribution in [-0.2, 0) is 20.9 Å². The number of carbonyl (C=O) groups excluding carboxylic acids is 1. The number of aromatic nitrogens is 3. The van der Waals surface area contributed by atoms with Crippen molar-refractivity contribution >= 4 is 47.3 Å². The number of piperazine rings is 1. The fourth-order valence-electron chi connectivity index (χ4n) is 4.89. The monoisotopic (exact) mass is 556 g/mol. The van der Waals surface area contributed by atoms with Gasteiger partial charge >= 0.3 is 0 Å². The Kier molecular flexibility index (Phi) is 8.16. The van der Waals surface area contributed by atoms with Gasteiger partial charge in [0.15, 0.2) is 0 Å². The van der Waals surface area contributed by atoms with Crippen LogP contribution in [0.3, 0.4) is 0 Å². The summed E-state index contributed by atoms with van der Waals surface area (Å²) in [5.74, 6) is 2.31. The van der Waals surface area contributed by atoms with E-state index >= 15 is 0 Å². The van der Waals surface area contributed by atoms with Crippen LogP contribution in [0.2, 0.25) is 10.0 Å². The third kappa shape index (κ3) is 5.80. The Balaban J connectivity index is 1.41. The van der Waals surface area contributed by atoms with Crippen LogP contribution in [0.25, 0.3) is 11.3 Å². The summed E-state index contributed by atoms with van der Waals surface area (Å²) >= 11 is 12.7. The predicted octanol–water partition coefficient (Wildman–Crippen LogP) is 4.46. The lowest BCUT2D eigenvalue weighted by Crippen LogP contribution is -2.53. The van der Waals surface area contributed by atoms with Crippen LogP contribution in [0.15, 0.2) is 42.6 Å². The summed E-state index contributed by atoms with van der Waals surface area (Å²) < 4.78 is 10.5. The normalized spacial score (nSPS) is 19.9. The van der Waals surface area contributed by atoms with Crippen LogP contribution in [-0.4, -0.2) is 72.9 Å². The van der Waals surface area contributed by atoms with E-state index < -0.39 is 0 Å². The van der Waals surface area contributed by atoms with Gasteiger partial charge in [-0.15, -0.1) is 0 Å². The third-order valence-corrected chi connectivity index (χ3v) is 7.41. The molecule has 200 valence electrons. The van der Waals surface area contributed by atoms with E-state index in [0.29, 0.717) is 35.7 Å². The van der Waals surface area contributed by atoms with E-state index in [1.54, 1.807) is 12.3 Å². The fraction of sp³-hybridized carbons (Fsp3) is 0.407. The van der Waals surface area contributed by atoms with Gasteiger partial charge in [0, 0.05) is 60.6 Å². The lowest BCUT2D eigenvalue weighted by molar-refractivity contribution is -0.129. The predicted molar refractivity (Wildman–Crippen MR) is 149 cm³/mol. The highest BCUT2D eigenvalue weighted by Gasteiger charge is 2.29. The quantitative estimate of drug-likeness (QED) is 0.391. The van der Waals surface area contributed by atoms with Crippen molar-refractivity contribution in [3.8, 4) is 11.3 Å². The topological polar surface area (TPSA) is 83.9 Å². The van der Waals surface area contributed by atoms with Crippen LogP contribution in [0, 0.1) is 0 Å². The number of hydrogen-bond donors (Lipinski definition) is 0. The first-order valence-electron chi connectivity index (χ1n) is 12.6. The van der Waals surface area contributed by atoms with Crippen LogP contribution in [0.5, 0.6) is 0 Å². The van der Waals surface area contributed by atoms with E-state index in [1.165, 1.54) is 0 Å². The Morgan fingerprint density at radius 3 is 2.58 bits per heavy atom. The smallest absolute Gasteiger partial charge is 0.293 e. The maximum absolute atomic E-state index is 10.5. The molecular formula is C27H30Cl2N6O3. The first-order valence-corrected chi connectivity index (χ1v) is 13.4. The number of anilines is 3. The van der Waals surface area contributed by atoms with Crippen molar-refractivity contribution in [1.82, 2.24) is 15.0 Å². The van der Waals surface area contributed by atoms with Gasteiger partial charge in [-0.1, -0.05) is 35.3 Å². The highest BCUT2D eigenvalue weighted by Crippen LogP contribution is 2.31. The van der Waals surface area contributed by atoms with Gasteiger partial charge in [0.25, 0.3) is 6.47 Å². The average Bonchev–Trinajstić information content (AvgIpc) is 2.92. The summed E-state index contributed by atoms with van der Waals surface area (Å²) in [4.78, 5) is 31.7. The molecule has 1 aromatic carbocycles. The highest BCUT2D eigenvalue weighted by molar-refractivity contribution is 6.33. The standard InChI is InChI=1S/C27H30Cl2N6O3/c1-18-14-33(26-23(29)11-20(13-30-26)16-38-17-36)7-8-34(18)25-12-24(21-3-5-22(28)6-4-21)31-27(32-25)35-9-10-37-15-19(35)2/h3-6,11-13,17-19H,7-10,14-16H2,1-2H3/t18-,19-/m1/s1. The molecule has 38 heavy (non-hydrogen) atoms. The molecule has 0 N–H and O–H groups in total. The molecule has 3 aromatic rings. The Morgan fingerprint density at radius 2 is 1.87 bits per heavy atom. The van der Waals surface area contributed by atoms with Crippen molar-refractivity contribution < 1.29 is 14.3 Å². The molecule has 2 fully saturated rings. The summed E-state index contributed by atoms with van der Waals surface area (Å²) in [6.45, 7) is 9.10. The second-order valence-corrected chi connectivity index (χ2v) is 10.4. The lowest BCUT2D eigenvalue weighted by atomic mass is 10.1. The maximum Gasteiger partial charge on any atom is 0.293 e. The van der Waals surface area contributed by atoms with Crippen molar-refractivity contribution in [2.24, 2.45) is 0 Å². The molecule has 0 bridgehead atoms. The van der Waals surface area contributed by atoms with E-state index in [0.717, 1.165) is 54.6 Å². The molecule has 0 aliphatic carbocycles. The van der Waals surface area contributed by atoms with E-state index in [1.807, 2.05) is 24.3 Å². The minimum absolute atomic E-state index is 0.141. The van der Waals surface area contributed by atoms with Crippen LogP contribution >= 0.6 is 23.2 Å². The number of benzene rings is 1. The molecule has 0 spiro atoms. The molecule has 0 saturated carbocycles. The molecule has 5 rings (SSSR count). The molecule has 2 aromatic heterocycles. The summed E-state index contributed by atoms with van der Waals surface area (Å²) in [6, 6.07) is 11.9. The van der Waals surface area contributed by atoms with E-state index in [2.05, 4.69) is 39.6 Å². The number of carbonyl (C=O) groups is 1. The van der Waals surface area contributed by atoms with Crippen LogP contribution in [0.1, 0.15) is 19.4 Å². The first-order chi connectivity index (χ1) is 18.4. The summed E-state index contributed by atoms with van der Waals surface area (Å²) in [7, 11) is 0. The highest BCUT2D eigenvalue weighted by atomic mass is 35.5. The third-order valence-electron chi connectivity index (χ3n) is 6.88. The largest absolute Gasteiger partial charge is 0.463 e. The molecule has 0 amide bonds. The van der Waals surface area contributed by atoms with Crippen LogP contribution in [0.4, 0.5) is 17.6 Å². The first kappa shape index (κ1) is 26.5. The molecule has 0 radical (unpaired) electrons. The zero-order chi connectivity index (χ0) is 26.6. The second kappa shape index (κ2) is 11.7. The fourth-order valence-corrected chi connectivity index (χ4v) is 5.33. The van der Waals surface area contributed by atoms with Gasteiger partial charge < -0.3 is 24.2 Å². The van der Waals surface area contributed by atoms with Crippen molar-refractivity contribution in [2.75, 3.05) is 54.1 Å². The number of ether oxygens (including phenoxy) is 2. The SMILES string of the molecule is C[C@@H]1CN(c2ncc(COC=O)cc2Cl)CCN1c1cc(-c2ccc(Cl)cc2)nc(N2CCOC[C@H]2C)n1. The molecule has 2 atom stereocenters. The average molecular weight is 557 g/mol. The maximum atomic E-state index is 10.5. The second-order valence-electron chi connectivity index (χ2n) is 9.58. The minimum atomic E-state index is 0.141. The molecule has 2 aliphatic rings. The van der Waals surface area contributed by atoms with Crippen molar-refractivity contribution in [1.29, 1.82) is 0 Å². The summed E-state index contributed by atoms with van der Waals surface area (Å²) in [6.07, 6.45) is 1.69. The van der Waals surface area contributed by atoms with Gasteiger partial charge in [0.1, 0.15) is 18.2 Å². The number of nitrogens with zero attached hydrogens (tertiary/aromatic N) is 6. The van der Waals surface area contributed by atoms with E-state index in [4.69, 9.17) is 42.6 Å². The van der Waals surface area contributed by atoms with Crippen molar-refractivity contribution in [3.63, 3.8) is 0 Å². The molecule has 2 saturated heterocycles. The summed E-state index contributed by atoms with van der Waals surface area (Å²) in [5, 5.41) is 1.22. The van der Waals surface area contributed by atoms with Gasteiger partial charge in [-0.3, -0.25) is 4.79 Å². The molecule has 4 heterocycles. The lowest BCUT2D eigenvalue weighted by Gasteiger charge is -2.42. The van der Waals surface area contributed by atoms with Gasteiger partial charge in [0.2, 0.25) is 5.95 Å². The van der Waals surface area contributed by atoms with Gasteiger partial charge in [-0.25, -0.2) is 9.97 Å². The number of halogens is 2. The Labute approximate surface area is 232 Å². The Bertz CT molecular complexity index is 1280. The number of morpholine rings is 1. The zero-order valence-electron chi connectivity index (χ0n) is 21.4. The summed E-state index contributed by atoms with van der Waals surface area (Å²) in [5.41, 5.74) is 2.59. The molecule has 11 heteroatoms. The van der Waals surface area contributed by atoms with Gasteiger partial charge in [-0.2, -0.15) is 4.98 Å². The Morgan fingerprint density at radius 1 is 1.05 bits per heavy atom. The number of pyridine rings is 1. The zero-order valence-corrected chi connectivity index (χ0v) is 22.9. The van der Waals surface area contributed by atoms with Gasteiger partial charge in [0.05, 0.1) is 30.0 Å². The van der Waals surface area contributed by atoms with E-state index in [9.17, 15) is 4.79 Å². The number of rotatable bonds is 7. The molecule has 0 unspecified atom stereocenters. The Hall–Kier alpha value is -3.14. The van der Waals surface area contributed by atoms with Crippen molar-refractivity contribution in [3.05, 3.63) is 58.2 Å². The minimum Gasteiger partial charge on any atom is -0.463 e. The van der Waals surface area contributed by atoms with Crippen molar-refractivity contribution in [2.45, 2.75) is 32.5 Å².